The van der Waals surface area contributed by atoms with Gasteiger partial charge in [-0.2, -0.15) is 0 Å². The smallest absolute Gasteiger partial charge is 0.411 e. The van der Waals surface area contributed by atoms with Crippen molar-refractivity contribution in [3.63, 3.8) is 0 Å². The lowest BCUT2D eigenvalue weighted by Gasteiger charge is -2.30. The second-order valence-corrected chi connectivity index (χ2v) is 7.89. The number of likely N-dealkylation sites (tertiary alicyclic amines) is 1. The molecule has 2 heterocycles. The van der Waals surface area contributed by atoms with E-state index in [-0.39, 0.29) is 6.04 Å². The van der Waals surface area contributed by atoms with Crippen LogP contribution < -0.4 is 0 Å². The van der Waals surface area contributed by atoms with Gasteiger partial charge in [-0.1, -0.05) is 12.5 Å². The van der Waals surface area contributed by atoms with Crippen LogP contribution in [0.3, 0.4) is 0 Å². The summed E-state index contributed by atoms with van der Waals surface area (Å²) in [6.45, 7) is 6.00. The molecule has 3 rings (SSSR count). The molecule has 2 aliphatic heterocycles. The summed E-state index contributed by atoms with van der Waals surface area (Å²) in [6.07, 6.45) is 6.49. The minimum atomic E-state index is -0.921. The van der Waals surface area contributed by atoms with E-state index in [9.17, 15) is 19.5 Å². The number of rotatable bonds is 1. The average molecular weight is 368 g/mol. The van der Waals surface area contributed by atoms with Crippen LogP contribution in [0.4, 0.5) is 9.59 Å². The Morgan fingerprint density at radius 3 is 2.31 bits per heavy atom. The molecule has 0 aromatic rings. The molecule has 0 unspecified atom stereocenters. The van der Waals surface area contributed by atoms with E-state index in [0.717, 1.165) is 25.7 Å². The van der Waals surface area contributed by atoms with Gasteiger partial charge in [0.15, 0.2) is 0 Å². The topological polar surface area (TPSA) is 107 Å². The first kappa shape index (κ1) is 20.1. The van der Waals surface area contributed by atoms with E-state index in [1.165, 1.54) is 9.80 Å². The lowest BCUT2D eigenvalue weighted by Crippen LogP contribution is -2.47. The Balaban J connectivity index is 0.000000254. The van der Waals surface area contributed by atoms with Crippen LogP contribution in [0, 0.1) is 5.92 Å². The summed E-state index contributed by atoms with van der Waals surface area (Å²) in [5.41, 5.74) is -0.586. The van der Waals surface area contributed by atoms with Gasteiger partial charge in [-0.15, -0.1) is 0 Å². The minimum absolute atomic E-state index is 0.0564. The van der Waals surface area contributed by atoms with Crippen molar-refractivity contribution in [3.05, 3.63) is 12.3 Å². The number of hydrogen-bond donors (Lipinski definition) is 2. The summed E-state index contributed by atoms with van der Waals surface area (Å²) in [6, 6.07) is -0.656. The molecule has 2 fully saturated rings. The van der Waals surface area contributed by atoms with Crippen molar-refractivity contribution in [3.8, 4) is 0 Å². The summed E-state index contributed by atoms with van der Waals surface area (Å²) in [7, 11) is 0. The fourth-order valence-electron chi connectivity index (χ4n) is 3.74. The quantitative estimate of drug-likeness (QED) is 0.736. The Morgan fingerprint density at radius 1 is 1.15 bits per heavy atom. The number of hydrogen-bond acceptors (Lipinski definition) is 4. The van der Waals surface area contributed by atoms with Gasteiger partial charge in [0.2, 0.25) is 0 Å². The summed E-state index contributed by atoms with van der Waals surface area (Å²) < 4.78 is 5.33. The molecule has 0 spiro atoms. The number of carboxylic acid groups (broad SMARTS) is 2. The van der Waals surface area contributed by atoms with Crippen LogP contribution in [-0.2, 0) is 9.53 Å². The Labute approximate surface area is 153 Å². The first-order valence-corrected chi connectivity index (χ1v) is 9.00. The van der Waals surface area contributed by atoms with Crippen molar-refractivity contribution in [2.75, 3.05) is 6.54 Å². The predicted octanol–water partition coefficient (Wildman–Crippen LogP) is 3.13. The van der Waals surface area contributed by atoms with Crippen LogP contribution in [0.25, 0.3) is 0 Å². The number of carbonyl (C=O) groups is 3. The molecule has 8 nitrogen and oxygen atoms in total. The second kappa shape index (κ2) is 7.97. The van der Waals surface area contributed by atoms with E-state index < -0.39 is 29.8 Å². The third kappa shape index (κ3) is 4.89. The lowest BCUT2D eigenvalue weighted by atomic mass is 10.0. The van der Waals surface area contributed by atoms with Gasteiger partial charge in [0, 0.05) is 18.8 Å². The highest BCUT2D eigenvalue weighted by Gasteiger charge is 2.50. The molecule has 3 atom stereocenters. The van der Waals surface area contributed by atoms with E-state index in [0.29, 0.717) is 18.9 Å². The summed E-state index contributed by atoms with van der Waals surface area (Å²) in [5.74, 6) is -0.589. The molecule has 0 bridgehead atoms. The Hall–Kier alpha value is -2.25. The second-order valence-electron chi connectivity index (χ2n) is 7.89. The first-order valence-electron chi connectivity index (χ1n) is 9.00. The Kier molecular flexibility index (Phi) is 6.15. The molecule has 8 heteroatoms. The van der Waals surface area contributed by atoms with Crippen molar-refractivity contribution in [2.45, 2.75) is 70.6 Å². The molecule has 3 aliphatic rings. The van der Waals surface area contributed by atoms with Crippen molar-refractivity contribution in [2.24, 2.45) is 5.92 Å². The van der Waals surface area contributed by atoms with E-state index in [1.54, 1.807) is 27.0 Å². The van der Waals surface area contributed by atoms with Gasteiger partial charge in [-0.3, -0.25) is 9.80 Å². The number of fused-ring (bicyclic) bond motifs is 1. The zero-order valence-corrected chi connectivity index (χ0v) is 15.6. The third-order valence-electron chi connectivity index (χ3n) is 4.80. The maximum absolute atomic E-state index is 12.2. The zero-order chi connectivity index (χ0) is 19.5. The number of aliphatic carboxylic acids is 1. The zero-order valence-electron chi connectivity index (χ0n) is 15.6. The van der Waals surface area contributed by atoms with Gasteiger partial charge >= 0.3 is 18.2 Å². The van der Waals surface area contributed by atoms with Gasteiger partial charge < -0.3 is 14.9 Å². The van der Waals surface area contributed by atoms with Crippen LogP contribution in [0.1, 0.15) is 52.9 Å². The van der Waals surface area contributed by atoms with Crippen LogP contribution in [0.5, 0.6) is 0 Å². The van der Waals surface area contributed by atoms with Crippen LogP contribution in [-0.4, -0.2) is 62.4 Å². The van der Waals surface area contributed by atoms with Crippen LogP contribution >= 0.6 is 0 Å². The molecule has 0 radical (unpaired) electrons. The fourth-order valence-corrected chi connectivity index (χ4v) is 3.74. The molecule has 26 heavy (non-hydrogen) atoms. The highest BCUT2D eigenvalue weighted by molar-refractivity contribution is 5.81. The molecule has 0 aromatic heterocycles. The maximum Gasteiger partial charge on any atom is 0.411 e. The molecular weight excluding hydrogens is 340 g/mol. The fraction of sp³-hybridized carbons (Fsp3) is 0.722. The molecule has 1 saturated carbocycles. The van der Waals surface area contributed by atoms with Crippen molar-refractivity contribution >= 4 is 18.2 Å². The first-order chi connectivity index (χ1) is 12.1. The van der Waals surface area contributed by atoms with Crippen LogP contribution in [0.2, 0.25) is 0 Å². The molecule has 1 saturated heterocycles. The number of carbonyl (C=O) groups excluding carboxylic acids is 1. The van der Waals surface area contributed by atoms with Gasteiger partial charge in [0.25, 0.3) is 0 Å². The van der Waals surface area contributed by atoms with Gasteiger partial charge in [-0.05, 0) is 52.4 Å². The molecule has 2 N–H and O–H groups in total. The number of ether oxygens (including phenoxy) is 1. The molecule has 2 amide bonds. The van der Waals surface area contributed by atoms with Gasteiger partial charge in [0.1, 0.15) is 11.6 Å². The van der Waals surface area contributed by atoms with Crippen LogP contribution in [0.15, 0.2) is 12.3 Å². The highest BCUT2D eigenvalue weighted by atomic mass is 16.6. The van der Waals surface area contributed by atoms with Crippen molar-refractivity contribution in [1.29, 1.82) is 0 Å². The normalized spacial score (nSPS) is 27.0. The molecular formula is C18H28N2O6. The summed E-state index contributed by atoms with van der Waals surface area (Å²) >= 11 is 0. The molecule has 0 aromatic carbocycles. The SMILES string of the molecule is CC(C)(C)OC(=O)N1[C@H](C(=O)O)C[C@@H]2CCC[C@@H]21.O=C(O)N1C=CCC1. The molecule has 1 aliphatic carbocycles. The number of amides is 2. The van der Waals surface area contributed by atoms with E-state index in [4.69, 9.17) is 9.84 Å². The standard InChI is InChI=1S/C13H21NO4.C5H7NO2/c1-13(2,3)18-12(17)14-9-6-4-5-8(9)7-10(14)11(15)16;7-5(8)6-3-1-2-4-6/h8-10H,4-7H2,1-3H3,(H,15,16);1,3H,2,4H2,(H,7,8)/t8-,9-,10-;/m0./s1. The van der Waals surface area contributed by atoms with Gasteiger partial charge in [-0.25, -0.2) is 14.4 Å². The largest absolute Gasteiger partial charge is 0.480 e. The Morgan fingerprint density at radius 2 is 1.85 bits per heavy atom. The average Bonchev–Trinajstić information content (AvgIpc) is 3.22. The maximum atomic E-state index is 12.2. The van der Waals surface area contributed by atoms with Crippen molar-refractivity contribution in [1.82, 2.24) is 9.80 Å². The van der Waals surface area contributed by atoms with E-state index in [2.05, 4.69) is 0 Å². The Bertz CT molecular complexity index is 583. The van der Waals surface area contributed by atoms with E-state index in [1.807, 2.05) is 6.08 Å². The monoisotopic (exact) mass is 368 g/mol. The number of nitrogens with zero attached hydrogens (tertiary/aromatic N) is 2. The lowest BCUT2D eigenvalue weighted by molar-refractivity contribution is -0.142. The highest BCUT2D eigenvalue weighted by Crippen LogP contribution is 2.41. The third-order valence-corrected chi connectivity index (χ3v) is 4.80. The predicted molar refractivity (Wildman–Crippen MR) is 93.7 cm³/mol. The number of carboxylic acids is 1. The molecule has 146 valence electrons. The minimum Gasteiger partial charge on any atom is -0.480 e. The summed E-state index contributed by atoms with van der Waals surface area (Å²) in [4.78, 5) is 36.2. The summed E-state index contributed by atoms with van der Waals surface area (Å²) in [5, 5.41) is 17.5. The van der Waals surface area contributed by atoms with Gasteiger partial charge in [0.05, 0.1) is 0 Å². The van der Waals surface area contributed by atoms with E-state index >= 15 is 0 Å². The van der Waals surface area contributed by atoms with Crippen molar-refractivity contribution < 1.29 is 29.3 Å².